The number of thioether (sulfide) groups is 1. The van der Waals surface area contributed by atoms with Crippen LogP contribution in [0.2, 0.25) is 0 Å². The summed E-state index contributed by atoms with van der Waals surface area (Å²) < 4.78 is 50.9. The summed E-state index contributed by atoms with van der Waals surface area (Å²) in [7, 11) is -11.2. The average molecular weight is 972 g/mol. The van der Waals surface area contributed by atoms with Crippen LogP contribution in [0.25, 0.3) is 0 Å². The van der Waals surface area contributed by atoms with E-state index in [1.807, 2.05) is 0 Å². The van der Waals surface area contributed by atoms with Crippen LogP contribution >= 0.6 is 27.4 Å². The first-order valence-electron chi connectivity index (χ1n) is 23.0. The van der Waals surface area contributed by atoms with E-state index in [0.29, 0.717) is 6.42 Å². The molecule has 0 aromatic carbocycles. The number of nitrogen functional groups attached to an aromatic ring is 1. The van der Waals surface area contributed by atoms with Crippen molar-refractivity contribution in [2.45, 2.75) is 211 Å². The van der Waals surface area contributed by atoms with Gasteiger partial charge in [-0.05, 0) is 24.7 Å². The van der Waals surface area contributed by atoms with Crippen molar-refractivity contribution in [3.05, 3.63) is 22.7 Å². The molecule has 1 aromatic heterocycles. The van der Waals surface area contributed by atoms with Crippen LogP contribution in [0.1, 0.15) is 187 Å². The number of carbonyl (C=O) groups excluding carboxylic acids is 1. The summed E-state index contributed by atoms with van der Waals surface area (Å²) >= 11 is 1.50. The van der Waals surface area contributed by atoms with E-state index >= 15 is 0 Å². The number of nitrogens with two attached hydrogens (primary N) is 1. The van der Waals surface area contributed by atoms with E-state index < -0.39 is 71.2 Å². The number of ether oxygens (including phenoxy) is 2. The van der Waals surface area contributed by atoms with Crippen molar-refractivity contribution in [1.29, 1.82) is 0 Å². The Hall–Kier alpha value is 0.640. The van der Waals surface area contributed by atoms with E-state index in [4.69, 9.17) is 19.7 Å². The topological polar surface area (TPSA) is 245 Å². The van der Waals surface area contributed by atoms with Crippen LogP contribution in [0.15, 0.2) is 17.1 Å². The van der Waals surface area contributed by atoms with Crippen molar-refractivity contribution >= 4 is 39.2 Å². The van der Waals surface area contributed by atoms with Crippen LogP contribution in [0.5, 0.6) is 0 Å². The van der Waals surface area contributed by atoms with E-state index in [1.54, 1.807) is 0 Å². The van der Waals surface area contributed by atoms with E-state index in [-0.39, 0.29) is 77.1 Å². The van der Waals surface area contributed by atoms with Gasteiger partial charge in [0.2, 0.25) is 0 Å². The number of aliphatic hydroxyl groups excluding tert-OH is 2. The van der Waals surface area contributed by atoms with E-state index in [0.717, 1.165) is 48.8 Å². The molecule has 0 bridgehead atoms. The van der Waals surface area contributed by atoms with Crippen LogP contribution in [0, 0.1) is 0 Å². The molecule has 0 spiro atoms. The molecular formula is C42H77N3Na2O13P2S. The summed E-state index contributed by atoms with van der Waals surface area (Å²) in [6, 6.07) is 1.25. The van der Waals surface area contributed by atoms with Crippen LogP contribution in [0.4, 0.5) is 5.82 Å². The quantitative estimate of drug-likeness (QED) is 0.0371. The Bertz CT molecular complexity index is 1470. The molecule has 0 saturated carbocycles. The van der Waals surface area contributed by atoms with E-state index in [2.05, 4.69) is 27.7 Å². The van der Waals surface area contributed by atoms with Crippen LogP contribution in [0.3, 0.4) is 0 Å². The minimum absolute atomic E-state index is 0. The number of phosphoric ester groups is 2. The standard InChI is InChI=1S/C42H79N3O13P2S.2Na/c1-3-5-7-9-11-13-15-17-18-20-22-24-26-28-38(46)56-35(34-61-31-27-25-23-21-19-16-14-12-10-8-6-4-2)32-54-59(50,51)58-60(52,53)55-33-36-39(47)40(48)41(57-36)45-30-29-37(43)44-42(45)49;;/h29-30,35-36,39-41,47-48H,3-28,31-34H2,1-2H3,(H,50,51)(H,52,53)(H2,43,44,49);;/q;2*+1/p-2/t35?,36-,39-,40+,41?;;/m1../s1. The molecule has 7 atom stereocenters. The number of esters is 1. The second kappa shape index (κ2) is 38.5. The number of phosphoric acid groups is 2. The van der Waals surface area contributed by atoms with E-state index in [9.17, 15) is 38.7 Å². The van der Waals surface area contributed by atoms with Crippen LogP contribution < -0.4 is 80.3 Å². The molecule has 0 amide bonds. The summed E-state index contributed by atoms with van der Waals surface area (Å²) in [5, 5.41) is 20.8. The van der Waals surface area contributed by atoms with Gasteiger partial charge in [-0.15, -0.1) is 0 Å². The number of hydrogen-bond donors (Lipinski definition) is 3. The largest absolute Gasteiger partial charge is 1.00 e. The van der Waals surface area contributed by atoms with Crippen LogP contribution in [-0.2, 0) is 36.8 Å². The van der Waals surface area contributed by atoms with Gasteiger partial charge in [0.25, 0.3) is 15.6 Å². The molecular weight excluding hydrogens is 894 g/mol. The van der Waals surface area contributed by atoms with Crippen molar-refractivity contribution in [2.24, 2.45) is 0 Å². The van der Waals surface area contributed by atoms with Crippen molar-refractivity contribution in [3.63, 3.8) is 0 Å². The third-order valence-electron chi connectivity index (χ3n) is 10.7. The van der Waals surface area contributed by atoms with Crippen molar-refractivity contribution in [1.82, 2.24) is 9.55 Å². The SMILES string of the molecule is CCCCCCCCCCCCCCCC(=O)OC(COP(=O)([O-])OP(=O)([O-])OC[C@H]1OC(n2ccc(N)nc2=O)[C@@H](O)[C@@H]1O)CSCCCCCCCCCCCCCC.[Na+].[Na+]. The zero-order chi connectivity index (χ0) is 44.8. The Morgan fingerprint density at radius 2 is 1.24 bits per heavy atom. The minimum Gasteiger partial charge on any atom is -0.756 e. The zero-order valence-corrected chi connectivity index (χ0v) is 45.5. The zero-order valence-electron chi connectivity index (χ0n) is 38.9. The Morgan fingerprint density at radius 3 is 1.73 bits per heavy atom. The monoisotopic (exact) mass is 971 g/mol. The van der Waals surface area contributed by atoms with Crippen molar-refractivity contribution in [3.8, 4) is 0 Å². The van der Waals surface area contributed by atoms with Gasteiger partial charge >= 0.3 is 70.8 Å². The number of carbonyl (C=O) groups is 1. The Morgan fingerprint density at radius 1 is 0.778 bits per heavy atom. The number of aromatic nitrogens is 2. The van der Waals surface area contributed by atoms with Gasteiger partial charge in [-0.1, -0.05) is 162 Å². The molecule has 4 N–H and O–H groups in total. The number of hydrogen-bond acceptors (Lipinski definition) is 16. The van der Waals surface area contributed by atoms with Crippen LogP contribution in [-0.4, -0.2) is 74.9 Å². The summed E-state index contributed by atoms with van der Waals surface area (Å²) in [4.78, 5) is 53.7. The van der Waals surface area contributed by atoms with Gasteiger partial charge in [0.05, 0.1) is 13.2 Å². The number of rotatable bonds is 39. The predicted octanol–water partition coefficient (Wildman–Crippen LogP) is 2.27. The molecule has 2 heterocycles. The fourth-order valence-electron chi connectivity index (χ4n) is 7.13. The summed E-state index contributed by atoms with van der Waals surface area (Å²) in [6.45, 7) is 2.82. The molecule has 0 radical (unpaired) electrons. The smallest absolute Gasteiger partial charge is 0.756 e. The summed E-state index contributed by atoms with van der Waals surface area (Å²) in [5.41, 5.74) is 4.59. The van der Waals surface area contributed by atoms with E-state index in [1.165, 1.54) is 140 Å². The van der Waals surface area contributed by atoms with Gasteiger partial charge in [-0.3, -0.25) is 18.5 Å². The maximum Gasteiger partial charge on any atom is 1.00 e. The molecule has 1 saturated heterocycles. The minimum atomic E-state index is -5.63. The molecule has 16 nitrogen and oxygen atoms in total. The molecule has 21 heteroatoms. The second-order valence-corrected chi connectivity index (χ2v) is 20.3. The molecule has 0 aliphatic carbocycles. The molecule has 2 rings (SSSR count). The number of anilines is 1. The summed E-state index contributed by atoms with van der Waals surface area (Å²) in [6.07, 6.45) is 23.8. The molecule has 1 aromatic rings. The first kappa shape index (κ1) is 63.6. The maximum atomic E-state index is 12.8. The van der Waals surface area contributed by atoms with Crippen molar-refractivity contribution < 1.29 is 116 Å². The molecule has 1 fully saturated rings. The number of nitrogens with zero attached hydrogens (tertiary/aromatic N) is 2. The van der Waals surface area contributed by atoms with Gasteiger partial charge in [0.1, 0.15) is 30.2 Å². The van der Waals surface area contributed by atoms with Crippen molar-refractivity contribution in [2.75, 3.05) is 30.5 Å². The molecule has 1 aliphatic heterocycles. The molecule has 356 valence electrons. The first-order chi connectivity index (χ1) is 29.3. The van der Waals surface area contributed by atoms with Gasteiger partial charge in [0, 0.05) is 18.4 Å². The fourth-order valence-corrected chi connectivity index (χ4v) is 10.2. The maximum absolute atomic E-state index is 12.8. The predicted molar refractivity (Wildman–Crippen MR) is 236 cm³/mol. The molecule has 1 aliphatic rings. The van der Waals surface area contributed by atoms with Gasteiger partial charge in [-0.25, -0.2) is 9.11 Å². The molecule has 63 heavy (non-hydrogen) atoms. The summed E-state index contributed by atoms with van der Waals surface area (Å²) in [5.74, 6) is 0.426. The van der Waals surface area contributed by atoms with Gasteiger partial charge < -0.3 is 44.3 Å². The Kier molecular flexibility index (Phi) is 38.9. The molecule has 4 unspecified atom stereocenters. The fraction of sp³-hybridized carbons (Fsp3) is 0.881. The Labute approximate surface area is 425 Å². The number of unbranched alkanes of at least 4 members (excludes halogenated alkanes) is 23. The van der Waals surface area contributed by atoms with Gasteiger partial charge in [-0.2, -0.15) is 16.7 Å². The average Bonchev–Trinajstić information content (AvgIpc) is 3.49. The Balaban J connectivity index is 0.0000192. The third-order valence-corrected chi connectivity index (χ3v) is 14.4. The first-order valence-corrected chi connectivity index (χ1v) is 27.1. The number of aliphatic hydroxyl groups is 2. The second-order valence-electron chi connectivity index (χ2n) is 16.2. The van der Waals surface area contributed by atoms with Gasteiger partial charge in [0.15, 0.2) is 6.23 Å². The normalized spacial score (nSPS) is 19.7. The third kappa shape index (κ3) is 30.7.